The van der Waals surface area contributed by atoms with Gasteiger partial charge >= 0.3 is 10.1 Å². The molecule has 118 valence electrons. The van der Waals surface area contributed by atoms with Crippen LogP contribution >= 0.6 is 0 Å². The summed E-state index contributed by atoms with van der Waals surface area (Å²) in [7, 11) is -3.68. The second-order valence-corrected chi connectivity index (χ2v) is 6.48. The molecule has 1 aliphatic rings. The minimum Gasteiger partial charge on any atom is -0.452 e. The zero-order chi connectivity index (χ0) is 16.6. The van der Waals surface area contributed by atoms with Crippen LogP contribution in [0.25, 0.3) is 6.08 Å². The molecule has 0 bridgehead atoms. The topological polar surface area (TPSA) is 69.7 Å². The molecule has 0 unspecified atom stereocenters. The Labute approximate surface area is 132 Å². The first-order valence-electron chi connectivity index (χ1n) is 6.56. The fourth-order valence-corrected chi connectivity index (χ4v) is 2.58. The number of carbonyl (C=O) groups excluding carboxylic acids is 1. The average Bonchev–Trinajstić information content (AvgIpc) is 2.76. The SMILES string of the molecule is CS(=O)(=O)Oc1ccc2c(c1)O/C(=C\c1ccccc1F)C2=O. The van der Waals surface area contributed by atoms with Crippen molar-refractivity contribution in [3.8, 4) is 11.5 Å². The van der Waals surface area contributed by atoms with Crippen LogP contribution in [0, 0.1) is 5.82 Å². The Morgan fingerprint density at radius 3 is 2.61 bits per heavy atom. The van der Waals surface area contributed by atoms with E-state index in [0.29, 0.717) is 0 Å². The third-order valence-electron chi connectivity index (χ3n) is 3.08. The Kier molecular flexibility index (Phi) is 3.65. The maximum absolute atomic E-state index is 13.7. The summed E-state index contributed by atoms with van der Waals surface area (Å²) in [5, 5.41) is 0. The largest absolute Gasteiger partial charge is 0.452 e. The first kappa shape index (κ1) is 15.2. The quantitative estimate of drug-likeness (QED) is 0.638. The van der Waals surface area contributed by atoms with Crippen molar-refractivity contribution in [2.24, 2.45) is 0 Å². The lowest BCUT2D eigenvalue weighted by atomic mass is 10.1. The van der Waals surface area contributed by atoms with Crippen molar-refractivity contribution in [1.29, 1.82) is 0 Å². The van der Waals surface area contributed by atoms with Crippen molar-refractivity contribution in [3.63, 3.8) is 0 Å². The monoisotopic (exact) mass is 334 g/mol. The van der Waals surface area contributed by atoms with Gasteiger partial charge in [-0.15, -0.1) is 0 Å². The lowest BCUT2D eigenvalue weighted by Crippen LogP contribution is -2.05. The Morgan fingerprint density at radius 1 is 1.17 bits per heavy atom. The van der Waals surface area contributed by atoms with Crippen LogP contribution in [-0.2, 0) is 10.1 Å². The summed E-state index contributed by atoms with van der Waals surface area (Å²) >= 11 is 0. The van der Waals surface area contributed by atoms with Crippen LogP contribution in [0.5, 0.6) is 11.5 Å². The van der Waals surface area contributed by atoms with Crippen LogP contribution in [0.4, 0.5) is 4.39 Å². The first-order chi connectivity index (χ1) is 10.8. The number of Topliss-reactive ketones (excluding diaryl/α,β-unsaturated/α-hetero) is 1. The van der Waals surface area contributed by atoms with Crippen molar-refractivity contribution in [2.45, 2.75) is 0 Å². The van der Waals surface area contributed by atoms with Gasteiger partial charge in [0.1, 0.15) is 17.3 Å². The van der Waals surface area contributed by atoms with E-state index in [1.54, 1.807) is 6.07 Å². The van der Waals surface area contributed by atoms with Gasteiger partial charge in [0.05, 0.1) is 11.8 Å². The Bertz CT molecular complexity index is 931. The number of fused-ring (bicyclic) bond motifs is 1. The number of ketones is 1. The normalized spacial score (nSPS) is 15.4. The zero-order valence-corrected chi connectivity index (χ0v) is 12.8. The van der Waals surface area contributed by atoms with Crippen LogP contribution < -0.4 is 8.92 Å². The Morgan fingerprint density at radius 2 is 1.91 bits per heavy atom. The minimum absolute atomic E-state index is 0.0335. The van der Waals surface area contributed by atoms with Crippen molar-refractivity contribution in [3.05, 3.63) is 65.2 Å². The molecule has 0 fully saturated rings. The molecular weight excluding hydrogens is 323 g/mol. The molecule has 0 radical (unpaired) electrons. The van der Waals surface area contributed by atoms with Crippen LogP contribution in [0.1, 0.15) is 15.9 Å². The summed E-state index contributed by atoms with van der Waals surface area (Å²) in [5.74, 6) is -0.728. The molecule has 0 amide bonds. The molecule has 0 saturated heterocycles. The smallest absolute Gasteiger partial charge is 0.306 e. The van der Waals surface area contributed by atoms with Gasteiger partial charge in [-0.1, -0.05) is 18.2 Å². The van der Waals surface area contributed by atoms with E-state index in [-0.39, 0.29) is 28.4 Å². The summed E-state index contributed by atoms with van der Waals surface area (Å²) in [6, 6.07) is 10.0. The van der Waals surface area contributed by atoms with E-state index in [9.17, 15) is 17.6 Å². The van der Waals surface area contributed by atoms with Crippen molar-refractivity contribution in [2.75, 3.05) is 6.26 Å². The van der Waals surface area contributed by atoms with E-state index in [2.05, 4.69) is 0 Å². The second kappa shape index (κ2) is 5.51. The lowest BCUT2D eigenvalue weighted by molar-refractivity contribution is 0.101. The van der Waals surface area contributed by atoms with Crippen molar-refractivity contribution < 1.29 is 26.5 Å². The number of halogens is 1. The minimum atomic E-state index is -3.68. The standard InChI is InChI=1S/C16H11FO5S/c1-23(19,20)22-11-6-7-12-14(9-11)21-15(16(12)18)8-10-4-2-3-5-13(10)17/h2-9H,1H3/b15-8-. The third-order valence-corrected chi connectivity index (χ3v) is 3.58. The summed E-state index contributed by atoms with van der Waals surface area (Å²) in [6.45, 7) is 0. The van der Waals surface area contributed by atoms with Crippen molar-refractivity contribution >= 4 is 22.0 Å². The number of carbonyl (C=O) groups is 1. The lowest BCUT2D eigenvalue weighted by Gasteiger charge is -2.04. The van der Waals surface area contributed by atoms with Gasteiger partial charge in [0.2, 0.25) is 5.78 Å². The molecule has 3 rings (SSSR count). The number of hydrogen-bond donors (Lipinski definition) is 0. The molecular formula is C16H11FO5S. The number of benzene rings is 2. The van der Waals surface area contributed by atoms with Gasteiger partial charge in [0, 0.05) is 11.6 Å². The second-order valence-electron chi connectivity index (χ2n) is 4.91. The number of allylic oxidation sites excluding steroid dienone is 1. The predicted octanol–water partition coefficient (Wildman–Crippen LogP) is 2.78. The summed E-state index contributed by atoms with van der Waals surface area (Å²) in [5.41, 5.74) is 0.477. The van der Waals surface area contributed by atoms with E-state index in [4.69, 9.17) is 8.92 Å². The summed E-state index contributed by atoms with van der Waals surface area (Å²) < 4.78 is 46.0. The van der Waals surface area contributed by atoms with Gasteiger partial charge in [-0.25, -0.2) is 4.39 Å². The molecule has 23 heavy (non-hydrogen) atoms. The number of hydrogen-bond acceptors (Lipinski definition) is 5. The highest BCUT2D eigenvalue weighted by molar-refractivity contribution is 7.86. The molecule has 2 aromatic rings. The molecule has 0 aliphatic carbocycles. The van der Waals surface area contributed by atoms with E-state index in [1.807, 2.05) is 0 Å². The van der Waals surface area contributed by atoms with E-state index < -0.39 is 21.7 Å². The fraction of sp³-hybridized carbons (Fsp3) is 0.0625. The van der Waals surface area contributed by atoms with E-state index in [1.165, 1.54) is 42.5 Å². The van der Waals surface area contributed by atoms with Gasteiger partial charge in [-0.3, -0.25) is 4.79 Å². The van der Waals surface area contributed by atoms with Gasteiger partial charge < -0.3 is 8.92 Å². The third kappa shape index (κ3) is 3.24. The molecule has 5 nitrogen and oxygen atoms in total. The molecule has 1 aliphatic heterocycles. The van der Waals surface area contributed by atoms with Crippen LogP contribution in [0.15, 0.2) is 48.2 Å². The predicted molar refractivity (Wildman–Crippen MR) is 81.2 cm³/mol. The molecule has 7 heteroatoms. The zero-order valence-electron chi connectivity index (χ0n) is 11.9. The van der Waals surface area contributed by atoms with Crippen LogP contribution in [0.2, 0.25) is 0 Å². The van der Waals surface area contributed by atoms with Gasteiger partial charge in [-0.2, -0.15) is 8.42 Å². The van der Waals surface area contributed by atoms with Crippen LogP contribution in [-0.4, -0.2) is 20.5 Å². The Balaban J connectivity index is 1.94. The van der Waals surface area contributed by atoms with E-state index in [0.717, 1.165) is 6.26 Å². The number of ether oxygens (including phenoxy) is 1. The van der Waals surface area contributed by atoms with Gasteiger partial charge in [0.15, 0.2) is 5.76 Å². The maximum atomic E-state index is 13.7. The summed E-state index contributed by atoms with van der Waals surface area (Å²) in [6.07, 6.45) is 2.21. The molecule has 0 N–H and O–H groups in total. The average molecular weight is 334 g/mol. The fourth-order valence-electron chi connectivity index (χ4n) is 2.13. The highest BCUT2D eigenvalue weighted by atomic mass is 32.2. The van der Waals surface area contributed by atoms with Crippen LogP contribution in [0.3, 0.4) is 0 Å². The summed E-state index contributed by atoms with van der Waals surface area (Å²) in [4.78, 5) is 12.2. The highest BCUT2D eigenvalue weighted by Crippen LogP contribution is 2.35. The number of rotatable bonds is 3. The van der Waals surface area contributed by atoms with Gasteiger partial charge in [0.25, 0.3) is 0 Å². The van der Waals surface area contributed by atoms with E-state index >= 15 is 0 Å². The van der Waals surface area contributed by atoms with Gasteiger partial charge in [-0.05, 0) is 24.3 Å². The molecule has 1 heterocycles. The first-order valence-corrected chi connectivity index (χ1v) is 8.37. The molecule has 2 aromatic carbocycles. The molecule has 0 aromatic heterocycles. The molecule has 0 saturated carbocycles. The maximum Gasteiger partial charge on any atom is 0.306 e. The molecule has 0 spiro atoms. The Hall–Kier alpha value is -2.67. The highest BCUT2D eigenvalue weighted by Gasteiger charge is 2.28. The molecule has 0 atom stereocenters. The van der Waals surface area contributed by atoms with Crippen molar-refractivity contribution in [1.82, 2.24) is 0 Å².